The van der Waals surface area contributed by atoms with Crippen LogP contribution in [-0.2, 0) is 11.2 Å². The molecule has 0 radical (unpaired) electrons. The van der Waals surface area contributed by atoms with Crippen LogP contribution in [0.25, 0.3) is 0 Å². The third-order valence-corrected chi connectivity index (χ3v) is 4.22. The predicted octanol–water partition coefficient (Wildman–Crippen LogP) is 3.64. The Balaban J connectivity index is 0.00000192. The Hall–Kier alpha value is -1.84. The van der Waals surface area contributed by atoms with E-state index in [1.54, 1.807) is 0 Å². The van der Waals surface area contributed by atoms with E-state index < -0.39 is 0 Å². The molecule has 4 heteroatoms. The molecule has 2 N–H and O–H groups in total. The third kappa shape index (κ3) is 4.81. The van der Waals surface area contributed by atoms with Gasteiger partial charge in [-0.15, -0.1) is 12.4 Å². The van der Waals surface area contributed by atoms with E-state index in [1.165, 1.54) is 5.56 Å². The summed E-state index contributed by atoms with van der Waals surface area (Å²) in [6, 6.07) is 18.4. The molecule has 23 heavy (non-hydrogen) atoms. The molecule has 1 fully saturated rings. The van der Waals surface area contributed by atoms with Crippen molar-refractivity contribution in [1.82, 2.24) is 5.32 Å². The van der Waals surface area contributed by atoms with Crippen molar-refractivity contribution in [1.29, 1.82) is 0 Å². The van der Waals surface area contributed by atoms with Crippen molar-refractivity contribution in [3.8, 4) is 0 Å². The van der Waals surface area contributed by atoms with Crippen molar-refractivity contribution in [2.45, 2.75) is 19.3 Å². The minimum atomic E-state index is 0. The van der Waals surface area contributed by atoms with Crippen LogP contribution in [0.1, 0.15) is 24.0 Å². The second-order valence-corrected chi connectivity index (χ2v) is 5.83. The summed E-state index contributed by atoms with van der Waals surface area (Å²) < 4.78 is 0. The molecule has 1 aliphatic heterocycles. The molecule has 0 aliphatic carbocycles. The summed E-state index contributed by atoms with van der Waals surface area (Å²) >= 11 is 0. The predicted molar refractivity (Wildman–Crippen MR) is 97.2 cm³/mol. The Kier molecular flexibility index (Phi) is 6.63. The molecule has 0 saturated carbocycles. The standard InChI is InChI=1S/C19H22N2O.ClH/c22-19(16-10-12-20-13-11-16)21-18-9-5-4-8-17(18)14-15-6-2-1-3-7-15;/h1-9,16,20H,10-14H2,(H,21,22);1H. The summed E-state index contributed by atoms with van der Waals surface area (Å²) in [4.78, 5) is 12.4. The Morgan fingerprint density at radius 3 is 2.39 bits per heavy atom. The summed E-state index contributed by atoms with van der Waals surface area (Å²) in [6.45, 7) is 1.87. The highest BCUT2D eigenvalue weighted by atomic mass is 35.5. The van der Waals surface area contributed by atoms with Crippen molar-refractivity contribution >= 4 is 24.0 Å². The van der Waals surface area contributed by atoms with Crippen molar-refractivity contribution in [3.05, 3.63) is 65.7 Å². The number of carbonyl (C=O) groups excluding carboxylic acids is 1. The largest absolute Gasteiger partial charge is 0.326 e. The average molecular weight is 331 g/mol. The first-order valence-electron chi connectivity index (χ1n) is 7.96. The summed E-state index contributed by atoms with van der Waals surface area (Å²) in [5.74, 6) is 0.285. The van der Waals surface area contributed by atoms with Gasteiger partial charge in [-0.25, -0.2) is 0 Å². The molecule has 1 aliphatic rings. The molecular formula is C19H23ClN2O. The molecule has 0 bridgehead atoms. The van der Waals surface area contributed by atoms with E-state index in [2.05, 4.69) is 28.8 Å². The number of hydrogen-bond donors (Lipinski definition) is 2. The van der Waals surface area contributed by atoms with Gasteiger partial charge >= 0.3 is 0 Å². The van der Waals surface area contributed by atoms with Gasteiger partial charge < -0.3 is 10.6 Å². The number of para-hydroxylation sites is 1. The first-order chi connectivity index (χ1) is 10.8. The maximum atomic E-state index is 12.4. The van der Waals surface area contributed by atoms with Crippen molar-refractivity contribution in [3.63, 3.8) is 0 Å². The number of nitrogens with one attached hydrogen (secondary N) is 2. The quantitative estimate of drug-likeness (QED) is 0.898. The van der Waals surface area contributed by atoms with Gasteiger partial charge in [0.25, 0.3) is 0 Å². The summed E-state index contributed by atoms with van der Waals surface area (Å²) in [6.07, 6.45) is 2.68. The van der Waals surface area contributed by atoms with E-state index in [9.17, 15) is 4.79 Å². The van der Waals surface area contributed by atoms with Crippen LogP contribution >= 0.6 is 12.4 Å². The highest BCUT2D eigenvalue weighted by Gasteiger charge is 2.21. The van der Waals surface area contributed by atoms with E-state index in [0.717, 1.165) is 43.6 Å². The number of benzene rings is 2. The van der Waals surface area contributed by atoms with Crippen LogP contribution in [0.15, 0.2) is 54.6 Å². The zero-order valence-electron chi connectivity index (χ0n) is 13.1. The van der Waals surface area contributed by atoms with Crippen LogP contribution in [0.5, 0.6) is 0 Å². The number of hydrogen-bond acceptors (Lipinski definition) is 2. The minimum absolute atomic E-state index is 0. The second kappa shape index (κ2) is 8.70. The molecule has 1 heterocycles. The molecule has 0 spiro atoms. The Morgan fingerprint density at radius 1 is 1.00 bits per heavy atom. The van der Waals surface area contributed by atoms with Crippen LogP contribution in [0.4, 0.5) is 5.69 Å². The molecule has 1 amide bonds. The lowest BCUT2D eigenvalue weighted by Crippen LogP contribution is -2.34. The summed E-state index contributed by atoms with van der Waals surface area (Å²) in [5.41, 5.74) is 3.36. The lowest BCUT2D eigenvalue weighted by Gasteiger charge is -2.22. The van der Waals surface area contributed by atoms with Crippen LogP contribution in [0.3, 0.4) is 0 Å². The van der Waals surface area contributed by atoms with Crippen molar-refractivity contribution in [2.24, 2.45) is 5.92 Å². The number of piperidine rings is 1. The van der Waals surface area contributed by atoms with E-state index in [1.807, 2.05) is 36.4 Å². The van der Waals surface area contributed by atoms with Crippen LogP contribution in [-0.4, -0.2) is 19.0 Å². The van der Waals surface area contributed by atoms with Gasteiger partial charge in [0.2, 0.25) is 5.91 Å². The van der Waals surface area contributed by atoms with Gasteiger partial charge in [-0.3, -0.25) is 4.79 Å². The van der Waals surface area contributed by atoms with Crippen molar-refractivity contribution < 1.29 is 4.79 Å². The molecule has 0 atom stereocenters. The van der Waals surface area contributed by atoms with Gasteiger partial charge in [0, 0.05) is 11.6 Å². The molecule has 2 aromatic carbocycles. The van der Waals surface area contributed by atoms with Gasteiger partial charge in [0.15, 0.2) is 0 Å². The van der Waals surface area contributed by atoms with E-state index >= 15 is 0 Å². The fraction of sp³-hybridized carbons (Fsp3) is 0.316. The Morgan fingerprint density at radius 2 is 1.65 bits per heavy atom. The molecule has 3 rings (SSSR count). The number of amides is 1. The van der Waals surface area contributed by atoms with E-state index in [0.29, 0.717) is 0 Å². The van der Waals surface area contributed by atoms with Gasteiger partial charge in [0.05, 0.1) is 0 Å². The number of rotatable bonds is 4. The fourth-order valence-electron chi connectivity index (χ4n) is 2.93. The van der Waals surface area contributed by atoms with Crippen LogP contribution in [0, 0.1) is 5.92 Å². The van der Waals surface area contributed by atoms with Crippen molar-refractivity contribution in [2.75, 3.05) is 18.4 Å². The summed E-state index contributed by atoms with van der Waals surface area (Å²) in [7, 11) is 0. The maximum absolute atomic E-state index is 12.4. The zero-order chi connectivity index (χ0) is 15.2. The van der Waals surface area contributed by atoms with Crippen LogP contribution < -0.4 is 10.6 Å². The molecule has 2 aromatic rings. The number of halogens is 1. The molecule has 122 valence electrons. The van der Waals surface area contributed by atoms with Gasteiger partial charge in [-0.05, 0) is 49.5 Å². The second-order valence-electron chi connectivity index (χ2n) is 5.83. The molecular weight excluding hydrogens is 308 g/mol. The number of carbonyl (C=O) groups is 1. The minimum Gasteiger partial charge on any atom is -0.326 e. The highest BCUT2D eigenvalue weighted by Crippen LogP contribution is 2.21. The lowest BCUT2D eigenvalue weighted by molar-refractivity contribution is -0.120. The molecule has 3 nitrogen and oxygen atoms in total. The topological polar surface area (TPSA) is 41.1 Å². The first kappa shape index (κ1) is 17.5. The SMILES string of the molecule is Cl.O=C(Nc1ccccc1Cc1ccccc1)C1CCNCC1. The number of anilines is 1. The molecule has 0 unspecified atom stereocenters. The highest BCUT2D eigenvalue weighted by molar-refractivity contribution is 5.93. The monoisotopic (exact) mass is 330 g/mol. The zero-order valence-corrected chi connectivity index (χ0v) is 13.9. The maximum Gasteiger partial charge on any atom is 0.227 e. The molecule has 0 aromatic heterocycles. The van der Waals surface area contributed by atoms with E-state index in [4.69, 9.17) is 0 Å². The van der Waals surface area contributed by atoms with Gasteiger partial charge in [0.1, 0.15) is 0 Å². The van der Waals surface area contributed by atoms with E-state index in [-0.39, 0.29) is 24.2 Å². The Labute approximate surface area is 143 Å². The van der Waals surface area contributed by atoms with Crippen LogP contribution in [0.2, 0.25) is 0 Å². The first-order valence-corrected chi connectivity index (χ1v) is 7.96. The fourth-order valence-corrected chi connectivity index (χ4v) is 2.93. The summed E-state index contributed by atoms with van der Waals surface area (Å²) in [5, 5.41) is 6.43. The van der Waals surface area contributed by atoms with Gasteiger partial charge in [-0.1, -0.05) is 48.5 Å². The lowest BCUT2D eigenvalue weighted by atomic mass is 9.96. The average Bonchev–Trinajstić information content (AvgIpc) is 2.58. The normalized spacial score (nSPS) is 14.8. The van der Waals surface area contributed by atoms with Gasteiger partial charge in [-0.2, -0.15) is 0 Å². The third-order valence-electron chi connectivity index (χ3n) is 4.22. The molecule has 1 saturated heterocycles. The Bertz CT molecular complexity index is 624. The smallest absolute Gasteiger partial charge is 0.227 e.